The minimum absolute atomic E-state index is 0.00467. The average Bonchev–Trinajstić information content (AvgIpc) is 2.68. The number of carbonyl (C=O) groups excluding carboxylic acids is 2. The zero-order valence-electron chi connectivity index (χ0n) is 15.8. The van der Waals surface area contributed by atoms with Crippen molar-refractivity contribution in [1.29, 1.82) is 0 Å². The third kappa shape index (κ3) is 7.55. The molecule has 148 valence electrons. The monoisotopic (exact) mass is 375 g/mol. The van der Waals surface area contributed by atoms with Crippen LogP contribution in [0.5, 0.6) is 0 Å². The number of amides is 2. The number of likely N-dealkylation sites (tertiary alicyclic amines) is 1. The van der Waals surface area contributed by atoms with E-state index in [0.29, 0.717) is 26.2 Å². The van der Waals surface area contributed by atoms with Gasteiger partial charge in [0.2, 0.25) is 5.91 Å². The molecule has 0 bridgehead atoms. The topological polar surface area (TPSA) is 109 Å². The Kier molecular flexibility index (Phi) is 8.41. The molecule has 1 aromatic rings. The minimum atomic E-state index is -0.273. The van der Waals surface area contributed by atoms with E-state index in [4.69, 9.17) is 10.5 Å². The molecular formula is C19H29N5O3. The van der Waals surface area contributed by atoms with E-state index in [9.17, 15) is 9.59 Å². The van der Waals surface area contributed by atoms with E-state index in [1.165, 1.54) is 5.56 Å². The first-order valence-electron chi connectivity index (χ1n) is 9.37. The van der Waals surface area contributed by atoms with Gasteiger partial charge in [-0.25, -0.2) is 9.79 Å². The zero-order chi connectivity index (χ0) is 19.5. The van der Waals surface area contributed by atoms with Crippen molar-refractivity contribution in [3.63, 3.8) is 0 Å². The van der Waals surface area contributed by atoms with Crippen LogP contribution in [0.15, 0.2) is 35.3 Å². The highest BCUT2D eigenvalue weighted by Gasteiger charge is 2.23. The van der Waals surface area contributed by atoms with Crippen LogP contribution in [0.25, 0.3) is 0 Å². The summed E-state index contributed by atoms with van der Waals surface area (Å²) in [6, 6.07) is 10.1. The van der Waals surface area contributed by atoms with Crippen molar-refractivity contribution in [2.45, 2.75) is 32.2 Å². The predicted octanol–water partition coefficient (Wildman–Crippen LogP) is 0.871. The number of guanidine groups is 1. The van der Waals surface area contributed by atoms with E-state index in [0.717, 1.165) is 19.3 Å². The molecule has 0 aromatic heterocycles. The Morgan fingerprint density at radius 1 is 1.26 bits per heavy atom. The number of nitrogens with two attached hydrogens (primary N) is 1. The number of rotatable bonds is 7. The lowest BCUT2D eigenvalue weighted by molar-refractivity contribution is -0.119. The fourth-order valence-corrected chi connectivity index (χ4v) is 2.88. The van der Waals surface area contributed by atoms with Gasteiger partial charge >= 0.3 is 6.09 Å². The zero-order valence-corrected chi connectivity index (χ0v) is 15.8. The van der Waals surface area contributed by atoms with Crippen molar-refractivity contribution in [2.24, 2.45) is 10.7 Å². The molecule has 8 nitrogen and oxygen atoms in total. The average molecular weight is 375 g/mol. The smallest absolute Gasteiger partial charge is 0.409 e. The van der Waals surface area contributed by atoms with E-state index < -0.39 is 0 Å². The molecule has 8 heteroatoms. The summed E-state index contributed by atoms with van der Waals surface area (Å²) in [6.07, 6.45) is 2.03. The molecule has 1 aliphatic rings. The Hall–Kier alpha value is -2.77. The molecule has 1 aromatic carbocycles. The Bertz CT molecular complexity index is 627. The first-order valence-corrected chi connectivity index (χ1v) is 9.37. The van der Waals surface area contributed by atoms with Crippen molar-refractivity contribution in [3.05, 3.63) is 35.9 Å². The SMILES string of the molecule is CCOC(=O)N1CCC(NC(N)=NCC(=O)NCCc2ccccc2)CC1. The number of nitrogens with one attached hydrogen (secondary N) is 2. The molecule has 2 rings (SSSR count). The number of carbonyl (C=O) groups is 2. The second-order valence-electron chi connectivity index (χ2n) is 6.39. The van der Waals surface area contributed by atoms with E-state index in [1.54, 1.807) is 11.8 Å². The van der Waals surface area contributed by atoms with E-state index in [-0.39, 0.29) is 30.5 Å². The normalized spacial score (nSPS) is 15.3. The van der Waals surface area contributed by atoms with Crippen LogP contribution in [-0.4, -0.2) is 61.7 Å². The molecule has 2 amide bonds. The Labute approximate surface area is 160 Å². The van der Waals surface area contributed by atoms with Gasteiger partial charge in [-0.1, -0.05) is 30.3 Å². The third-order valence-corrected chi connectivity index (χ3v) is 4.34. The highest BCUT2D eigenvalue weighted by atomic mass is 16.6. The number of nitrogens with zero attached hydrogens (tertiary/aromatic N) is 2. The summed E-state index contributed by atoms with van der Waals surface area (Å²) in [6.45, 7) is 3.96. The van der Waals surface area contributed by atoms with Gasteiger partial charge < -0.3 is 26.0 Å². The summed E-state index contributed by atoms with van der Waals surface area (Å²) in [7, 11) is 0. The maximum atomic E-state index is 11.8. The van der Waals surface area contributed by atoms with Gasteiger partial charge in [0.15, 0.2) is 5.96 Å². The minimum Gasteiger partial charge on any atom is -0.450 e. The van der Waals surface area contributed by atoms with Crippen LogP contribution in [0.1, 0.15) is 25.3 Å². The van der Waals surface area contributed by atoms with Crippen molar-refractivity contribution in [2.75, 3.05) is 32.8 Å². The van der Waals surface area contributed by atoms with Gasteiger partial charge in [0, 0.05) is 25.7 Å². The molecule has 0 spiro atoms. The molecular weight excluding hydrogens is 346 g/mol. The highest BCUT2D eigenvalue weighted by molar-refractivity contribution is 5.84. The molecule has 0 unspecified atom stereocenters. The largest absolute Gasteiger partial charge is 0.450 e. The Morgan fingerprint density at radius 2 is 1.96 bits per heavy atom. The number of hydrogen-bond acceptors (Lipinski definition) is 4. The van der Waals surface area contributed by atoms with Gasteiger partial charge in [0.1, 0.15) is 6.54 Å². The van der Waals surface area contributed by atoms with Gasteiger partial charge in [-0.3, -0.25) is 4.79 Å². The van der Waals surface area contributed by atoms with Gasteiger partial charge in [-0.05, 0) is 31.7 Å². The molecule has 0 atom stereocenters. The van der Waals surface area contributed by atoms with Gasteiger partial charge in [-0.2, -0.15) is 0 Å². The number of hydrogen-bond donors (Lipinski definition) is 3. The lowest BCUT2D eigenvalue weighted by atomic mass is 10.1. The van der Waals surface area contributed by atoms with Crippen LogP contribution >= 0.6 is 0 Å². The van der Waals surface area contributed by atoms with E-state index >= 15 is 0 Å². The Balaban J connectivity index is 1.62. The lowest BCUT2D eigenvalue weighted by Gasteiger charge is -2.31. The maximum Gasteiger partial charge on any atom is 0.409 e. The molecule has 1 heterocycles. The second-order valence-corrected chi connectivity index (χ2v) is 6.39. The summed E-state index contributed by atoms with van der Waals surface area (Å²) in [5.74, 6) is 0.0932. The molecule has 0 radical (unpaired) electrons. The molecule has 1 aliphatic heterocycles. The first kappa shape index (κ1) is 20.5. The summed E-state index contributed by atoms with van der Waals surface area (Å²) >= 11 is 0. The predicted molar refractivity (Wildman–Crippen MR) is 104 cm³/mol. The van der Waals surface area contributed by atoms with Crippen molar-refractivity contribution in [1.82, 2.24) is 15.5 Å². The first-order chi connectivity index (χ1) is 13.1. The maximum absolute atomic E-state index is 11.8. The molecule has 0 saturated carbocycles. The Morgan fingerprint density at radius 3 is 2.63 bits per heavy atom. The van der Waals surface area contributed by atoms with Crippen molar-refractivity contribution in [3.8, 4) is 0 Å². The van der Waals surface area contributed by atoms with Gasteiger partial charge in [0.05, 0.1) is 6.61 Å². The molecule has 1 fully saturated rings. The van der Waals surface area contributed by atoms with E-state index in [1.807, 2.05) is 30.3 Å². The molecule has 1 saturated heterocycles. The van der Waals surface area contributed by atoms with Crippen molar-refractivity contribution < 1.29 is 14.3 Å². The lowest BCUT2D eigenvalue weighted by Crippen LogP contribution is -2.48. The summed E-state index contributed by atoms with van der Waals surface area (Å²) < 4.78 is 5.00. The molecule has 27 heavy (non-hydrogen) atoms. The summed E-state index contributed by atoms with van der Waals surface area (Å²) in [5.41, 5.74) is 7.05. The third-order valence-electron chi connectivity index (χ3n) is 4.34. The number of aliphatic imine (C=N–C) groups is 1. The number of piperidine rings is 1. The number of benzene rings is 1. The van der Waals surface area contributed by atoms with Crippen LogP contribution in [0.3, 0.4) is 0 Å². The van der Waals surface area contributed by atoms with E-state index in [2.05, 4.69) is 15.6 Å². The van der Waals surface area contributed by atoms with Crippen LogP contribution in [0.4, 0.5) is 4.79 Å². The highest BCUT2D eigenvalue weighted by Crippen LogP contribution is 2.11. The number of ether oxygens (including phenoxy) is 1. The summed E-state index contributed by atoms with van der Waals surface area (Å²) in [4.78, 5) is 29.3. The van der Waals surface area contributed by atoms with Gasteiger partial charge in [0.25, 0.3) is 0 Å². The standard InChI is InChI=1S/C19H29N5O3/c1-2-27-19(26)24-12-9-16(10-13-24)23-18(20)22-14-17(25)21-11-8-15-6-4-3-5-7-15/h3-7,16H,2,8-14H2,1H3,(H,21,25)(H3,20,22,23). The van der Waals surface area contributed by atoms with Crippen molar-refractivity contribution >= 4 is 18.0 Å². The fourth-order valence-electron chi connectivity index (χ4n) is 2.88. The van der Waals surface area contributed by atoms with Gasteiger partial charge in [-0.15, -0.1) is 0 Å². The quantitative estimate of drug-likeness (QED) is 0.484. The van der Waals surface area contributed by atoms with Crippen LogP contribution in [0, 0.1) is 0 Å². The summed E-state index contributed by atoms with van der Waals surface area (Å²) in [5, 5.41) is 5.95. The molecule has 0 aliphatic carbocycles. The fraction of sp³-hybridized carbons (Fsp3) is 0.526. The van der Waals surface area contributed by atoms with Crippen LogP contribution < -0.4 is 16.4 Å². The van der Waals surface area contributed by atoms with Crippen LogP contribution in [0.2, 0.25) is 0 Å². The second kappa shape index (κ2) is 11.1. The molecule has 4 N–H and O–H groups in total. The van der Waals surface area contributed by atoms with Crippen LogP contribution in [-0.2, 0) is 16.0 Å².